The Balaban J connectivity index is 1.88. The van der Waals surface area contributed by atoms with Gasteiger partial charge in [0.1, 0.15) is 0 Å². The molecule has 0 bridgehead atoms. The van der Waals surface area contributed by atoms with Crippen molar-refractivity contribution in [2.45, 2.75) is 31.2 Å². The number of hydrogen-bond donors (Lipinski definition) is 0. The van der Waals surface area contributed by atoms with Crippen LogP contribution in [0.2, 0.25) is 5.02 Å². The molecule has 2 aliphatic rings. The number of halogens is 1. The molecule has 0 radical (unpaired) electrons. The molecule has 0 spiro atoms. The number of amidine groups is 1. The van der Waals surface area contributed by atoms with E-state index >= 15 is 0 Å². The largest absolute Gasteiger partial charge is 0.342 e. The van der Waals surface area contributed by atoms with E-state index < -0.39 is 9.84 Å². The first-order valence-electron chi connectivity index (χ1n) is 7.37. The Morgan fingerprint density at radius 2 is 2.04 bits per heavy atom. The molecule has 1 aromatic rings. The second kappa shape index (κ2) is 6.45. The molecule has 23 heavy (non-hydrogen) atoms. The predicted molar refractivity (Wildman–Crippen MR) is 93.5 cm³/mol. The molecule has 0 N–H and O–H groups in total. The van der Waals surface area contributed by atoms with Crippen molar-refractivity contribution < 1.29 is 13.2 Å². The zero-order valence-electron chi connectivity index (χ0n) is 12.6. The Morgan fingerprint density at radius 1 is 1.35 bits per heavy atom. The number of carbonyl (C=O) groups excluding carboxylic acids is 1. The van der Waals surface area contributed by atoms with Gasteiger partial charge in [-0.1, -0.05) is 42.4 Å². The van der Waals surface area contributed by atoms with Crippen LogP contribution in [0.25, 0.3) is 0 Å². The second-order valence-electron chi connectivity index (χ2n) is 5.70. The minimum absolute atomic E-state index is 0.0456. The number of aliphatic imine (C=N–C) groups is 1. The lowest BCUT2D eigenvalue weighted by Gasteiger charge is -2.24. The van der Waals surface area contributed by atoms with Crippen molar-refractivity contribution in [1.29, 1.82) is 0 Å². The highest BCUT2D eigenvalue weighted by molar-refractivity contribution is 8.15. The van der Waals surface area contributed by atoms with Crippen LogP contribution >= 0.6 is 23.4 Å². The van der Waals surface area contributed by atoms with Crippen molar-refractivity contribution in [2.75, 3.05) is 11.5 Å². The summed E-state index contributed by atoms with van der Waals surface area (Å²) in [4.78, 5) is 17.8. The number of nitrogens with zero attached hydrogens (tertiary/aromatic N) is 2. The van der Waals surface area contributed by atoms with Crippen LogP contribution in [0.3, 0.4) is 0 Å². The van der Waals surface area contributed by atoms with Gasteiger partial charge in [-0.2, -0.15) is 4.99 Å². The summed E-state index contributed by atoms with van der Waals surface area (Å²) >= 11 is 7.31. The summed E-state index contributed by atoms with van der Waals surface area (Å²) < 4.78 is 23.8. The van der Waals surface area contributed by atoms with Crippen molar-refractivity contribution in [3.8, 4) is 0 Å². The highest BCUT2D eigenvalue weighted by Crippen LogP contribution is 2.39. The number of rotatable bonds is 3. The van der Waals surface area contributed by atoms with Crippen LogP contribution in [0.4, 0.5) is 0 Å². The molecule has 2 unspecified atom stereocenters. The number of fused-ring (bicyclic) bond motifs is 1. The summed E-state index contributed by atoms with van der Waals surface area (Å²) in [6.45, 7) is 2.29. The van der Waals surface area contributed by atoms with E-state index in [1.807, 2.05) is 17.0 Å². The molecule has 1 amide bonds. The average Bonchev–Trinajstić information content (AvgIpc) is 2.94. The fourth-order valence-corrected chi connectivity index (χ4v) is 6.89. The third kappa shape index (κ3) is 3.72. The van der Waals surface area contributed by atoms with Gasteiger partial charge in [0.25, 0.3) is 0 Å². The Hall–Kier alpha value is -1.05. The zero-order valence-corrected chi connectivity index (χ0v) is 15.0. The summed E-state index contributed by atoms with van der Waals surface area (Å²) in [5.41, 5.74) is 1.01. The molecule has 5 nitrogen and oxygen atoms in total. The van der Waals surface area contributed by atoms with Gasteiger partial charge in [-0.05, 0) is 17.7 Å². The molecule has 8 heteroatoms. The van der Waals surface area contributed by atoms with E-state index in [1.54, 1.807) is 19.1 Å². The molecule has 2 saturated heterocycles. The number of thioether (sulfide) groups is 1. The maximum atomic E-state index is 11.9. The highest BCUT2D eigenvalue weighted by Gasteiger charge is 2.48. The Bertz CT molecular complexity index is 746. The summed E-state index contributed by atoms with van der Waals surface area (Å²) in [5.74, 6) is 0.0903. The number of sulfone groups is 1. The van der Waals surface area contributed by atoms with Crippen LogP contribution in [0.1, 0.15) is 18.9 Å². The van der Waals surface area contributed by atoms with Crippen LogP contribution in [0.5, 0.6) is 0 Å². The number of benzene rings is 1. The first kappa shape index (κ1) is 16.8. The van der Waals surface area contributed by atoms with Gasteiger partial charge in [0.05, 0.1) is 17.5 Å². The Kier molecular flexibility index (Phi) is 4.71. The minimum atomic E-state index is -3.02. The third-order valence-corrected chi connectivity index (χ3v) is 7.46. The van der Waals surface area contributed by atoms with E-state index in [1.165, 1.54) is 11.8 Å². The maximum Gasteiger partial charge on any atom is 0.247 e. The minimum Gasteiger partial charge on any atom is -0.342 e. The van der Waals surface area contributed by atoms with Crippen LogP contribution < -0.4 is 0 Å². The Labute approximate surface area is 145 Å². The molecule has 0 saturated carbocycles. The van der Waals surface area contributed by atoms with E-state index in [-0.39, 0.29) is 28.7 Å². The van der Waals surface area contributed by atoms with Crippen LogP contribution in [-0.2, 0) is 21.2 Å². The predicted octanol–water partition coefficient (Wildman–Crippen LogP) is 2.35. The summed E-state index contributed by atoms with van der Waals surface area (Å²) in [7, 11) is -3.02. The van der Waals surface area contributed by atoms with Crippen molar-refractivity contribution in [1.82, 2.24) is 4.90 Å². The molecule has 124 valence electrons. The normalized spacial score (nSPS) is 27.4. The van der Waals surface area contributed by atoms with Gasteiger partial charge < -0.3 is 4.90 Å². The summed E-state index contributed by atoms with van der Waals surface area (Å²) in [6, 6.07) is 7.30. The second-order valence-corrected chi connectivity index (χ2v) is 9.49. The first-order chi connectivity index (χ1) is 10.9. The van der Waals surface area contributed by atoms with E-state index in [0.717, 1.165) is 5.56 Å². The molecule has 0 aromatic heterocycles. The van der Waals surface area contributed by atoms with Gasteiger partial charge in [0.2, 0.25) is 5.91 Å². The smallest absolute Gasteiger partial charge is 0.247 e. The van der Waals surface area contributed by atoms with Gasteiger partial charge in [-0.25, -0.2) is 8.42 Å². The monoisotopic (exact) mass is 372 g/mol. The van der Waals surface area contributed by atoms with E-state index in [0.29, 0.717) is 23.2 Å². The fourth-order valence-electron chi connectivity index (χ4n) is 2.79. The SMILES string of the molecule is CCC(=O)N=C1SC2CS(=O)(=O)CC2N1Cc1ccc(Cl)cc1. The number of carbonyl (C=O) groups is 1. The van der Waals surface area contributed by atoms with E-state index in [2.05, 4.69) is 4.99 Å². The highest BCUT2D eigenvalue weighted by atomic mass is 35.5. The first-order valence-corrected chi connectivity index (χ1v) is 10.5. The topological polar surface area (TPSA) is 66.8 Å². The molecule has 2 fully saturated rings. The van der Waals surface area contributed by atoms with Crippen molar-refractivity contribution in [3.05, 3.63) is 34.9 Å². The van der Waals surface area contributed by atoms with Crippen molar-refractivity contribution >= 4 is 44.3 Å². The number of hydrogen-bond acceptors (Lipinski definition) is 4. The lowest BCUT2D eigenvalue weighted by atomic mass is 10.1. The molecule has 2 heterocycles. The van der Waals surface area contributed by atoms with Crippen LogP contribution in [0.15, 0.2) is 29.3 Å². The molecular weight excluding hydrogens is 356 g/mol. The van der Waals surface area contributed by atoms with E-state index in [9.17, 15) is 13.2 Å². The quantitative estimate of drug-likeness (QED) is 0.814. The fraction of sp³-hybridized carbons (Fsp3) is 0.467. The van der Waals surface area contributed by atoms with Crippen LogP contribution in [-0.4, -0.2) is 47.2 Å². The number of amides is 1. The van der Waals surface area contributed by atoms with Gasteiger partial charge >= 0.3 is 0 Å². The molecule has 2 atom stereocenters. The average molecular weight is 373 g/mol. The summed E-state index contributed by atoms with van der Waals surface area (Å²) in [6.07, 6.45) is 0.340. The third-order valence-electron chi connectivity index (χ3n) is 3.96. The standard InChI is InChI=1S/C15H17ClN2O3S2/c1-2-14(19)17-15-18(7-10-3-5-11(16)6-4-10)12-8-23(20,21)9-13(12)22-15/h3-6,12-13H,2,7-9H2,1H3. The van der Waals surface area contributed by atoms with Gasteiger partial charge in [0.15, 0.2) is 15.0 Å². The molecule has 1 aromatic carbocycles. The van der Waals surface area contributed by atoms with Gasteiger partial charge in [-0.15, -0.1) is 0 Å². The van der Waals surface area contributed by atoms with Crippen molar-refractivity contribution in [3.63, 3.8) is 0 Å². The van der Waals surface area contributed by atoms with Gasteiger partial charge in [-0.3, -0.25) is 4.79 Å². The molecule has 3 rings (SSSR count). The van der Waals surface area contributed by atoms with Crippen molar-refractivity contribution in [2.24, 2.45) is 4.99 Å². The molecular formula is C15H17ClN2O3S2. The summed E-state index contributed by atoms with van der Waals surface area (Å²) in [5, 5.41) is 1.24. The maximum absolute atomic E-state index is 11.9. The lowest BCUT2D eigenvalue weighted by Crippen LogP contribution is -2.37. The molecule has 2 aliphatic heterocycles. The molecule has 0 aliphatic carbocycles. The Morgan fingerprint density at radius 3 is 2.70 bits per heavy atom. The van der Waals surface area contributed by atoms with Gasteiger partial charge in [0, 0.05) is 23.2 Å². The lowest BCUT2D eigenvalue weighted by molar-refractivity contribution is -0.117. The van der Waals surface area contributed by atoms with Crippen LogP contribution in [0, 0.1) is 0 Å². The zero-order chi connectivity index (χ0) is 16.6. The van der Waals surface area contributed by atoms with E-state index in [4.69, 9.17) is 11.6 Å².